The molecule has 33 heavy (non-hydrogen) atoms. The molecule has 8 heteroatoms. The zero-order valence-electron chi connectivity index (χ0n) is 18.2. The number of anilines is 1. The highest BCUT2D eigenvalue weighted by Crippen LogP contribution is 2.47. The number of fused-ring (bicyclic) bond motifs is 1. The molecule has 1 aliphatic carbocycles. The van der Waals surface area contributed by atoms with Crippen LogP contribution in [-0.4, -0.2) is 28.8 Å². The molecule has 2 amide bonds. The van der Waals surface area contributed by atoms with Gasteiger partial charge in [-0.1, -0.05) is 12.1 Å². The van der Waals surface area contributed by atoms with Crippen LogP contribution in [-0.2, 0) is 4.79 Å². The Bertz CT molecular complexity index is 1300. The van der Waals surface area contributed by atoms with Gasteiger partial charge in [-0.05, 0) is 61.9 Å². The molecule has 1 saturated carbocycles. The van der Waals surface area contributed by atoms with Crippen molar-refractivity contribution in [3.63, 3.8) is 0 Å². The highest BCUT2D eigenvalue weighted by atomic mass is 32.1. The highest BCUT2D eigenvalue weighted by molar-refractivity contribution is 7.14. The summed E-state index contributed by atoms with van der Waals surface area (Å²) in [4.78, 5) is 36.5. The first-order chi connectivity index (χ1) is 15.9. The molecule has 0 bridgehead atoms. The molecule has 2 N–H and O–H groups in total. The highest BCUT2D eigenvalue weighted by Gasteiger charge is 2.46. The van der Waals surface area contributed by atoms with Gasteiger partial charge in [0.25, 0.3) is 5.91 Å². The lowest BCUT2D eigenvalue weighted by molar-refractivity contribution is -0.123. The number of imidazole rings is 1. The fourth-order valence-corrected chi connectivity index (χ4v) is 4.96. The number of benzene rings is 2. The largest absolute Gasteiger partial charge is 0.349 e. The predicted molar refractivity (Wildman–Crippen MR) is 127 cm³/mol. The van der Waals surface area contributed by atoms with Crippen molar-refractivity contribution in [1.29, 1.82) is 0 Å². The van der Waals surface area contributed by atoms with Crippen LogP contribution in [0.5, 0.6) is 0 Å². The Morgan fingerprint density at radius 1 is 1.15 bits per heavy atom. The maximum absolute atomic E-state index is 13.2. The summed E-state index contributed by atoms with van der Waals surface area (Å²) in [6, 6.07) is 17.1. The number of nitrogens with one attached hydrogen (secondary N) is 2. The second-order valence-corrected chi connectivity index (χ2v) is 9.48. The third-order valence-electron chi connectivity index (χ3n) is 6.03. The lowest BCUT2D eigenvalue weighted by Crippen LogP contribution is -2.28. The van der Waals surface area contributed by atoms with Gasteiger partial charge in [-0.15, -0.1) is 11.3 Å². The van der Waals surface area contributed by atoms with Crippen molar-refractivity contribution in [3.05, 3.63) is 82.1 Å². The van der Waals surface area contributed by atoms with Crippen LogP contribution >= 0.6 is 11.3 Å². The monoisotopic (exact) mass is 462 g/mol. The molecule has 2 aromatic carbocycles. The number of hydrogen-bond donors (Lipinski definition) is 2. The normalized spacial score (nSPS) is 18.2. The molecular formula is C25H23FN4O2S. The van der Waals surface area contributed by atoms with E-state index in [1.165, 1.54) is 28.4 Å². The van der Waals surface area contributed by atoms with Gasteiger partial charge in [-0.3, -0.25) is 9.59 Å². The lowest BCUT2D eigenvalue weighted by Gasteiger charge is -2.16. The van der Waals surface area contributed by atoms with E-state index in [1.807, 2.05) is 37.3 Å². The van der Waals surface area contributed by atoms with E-state index < -0.39 is 0 Å². The standard InChI is InChI=1S/C25H23FN4O2S/c1-14(21-11-12-22(33-21)25(32)30(2)16-9-7-15(26)8-10-16)27-24(31)18-13-17(18)23-28-19-5-3-4-6-20(19)29-23/h3-12,14,17-18H,13H2,1-2H3,(H,27,31)(H,28,29)/t14?,17-,18-/m0/s1. The van der Waals surface area contributed by atoms with Crippen LogP contribution in [0.3, 0.4) is 0 Å². The summed E-state index contributed by atoms with van der Waals surface area (Å²) >= 11 is 1.35. The van der Waals surface area contributed by atoms with Crippen molar-refractivity contribution >= 4 is 39.9 Å². The van der Waals surface area contributed by atoms with E-state index in [0.29, 0.717) is 10.6 Å². The maximum Gasteiger partial charge on any atom is 0.268 e. The van der Waals surface area contributed by atoms with Gasteiger partial charge in [0.15, 0.2) is 0 Å². The average molecular weight is 463 g/mol. The zero-order chi connectivity index (χ0) is 23.1. The van der Waals surface area contributed by atoms with Crippen LogP contribution in [0.15, 0.2) is 60.7 Å². The molecule has 0 spiro atoms. The summed E-state index contributed by atoms with van der Waals surface area (Å²) in [5.74, 6) is 0.340. The Morgan fingerprint density at radius 3 is 2.67 bits per heavy atom. The average Bonchev–Trinajstić information content (AvgIpc) is 3.26. The Labute approximate surface area is 194 Å². The second kappa shape index (κ2) is 8.44. The van der Waals surface area contributed by atoms with Gasteiger partial charge >= 0.3 is 0 Å². The summed E-state index contributed by atoms with van der Waals surface area (Å²) in [6.45, 7) is 1.92. The van der Waals surface area contributed by atoms with Crippen molar-refractivity contribution in [3.8, 4) is 0 Å². The number of H-pyrrole nitrogens is 1. The molecule has 1 aliphatic rings. The Balaban J connectivity index is 1.21. The summed E-state index contributed by atoms with van der Waals surface area (Å²) in [5.41, 5.74) is 2.50. The van der Waals surface area contributed by atoms with Crippen LogP contribution in [0.2, 0.25) is 0 Å². The van der Waals surface area contributed by atoms with Gasteiger partial charge in [-0.25, -0.2) is 9.37 Å². The van der Waals surface area contributed by atoms with Gasteiger partial charge < -0.3 is 15.2 Å². The molecule has 3 atom stereocenters. The molecule has 1 unspecified atom stereocenters. The molecule has 5 rings (SSSR count). The van der Waals surface area contributed by atoms with Gasteiger partial charge in [0.2, 0.25) is 5.91 Å². The van der Waals surface area contributed by atoms with Crippen molar-refractivity contribution < 1.29 is 14.0 Å². The smallest absolute Gasteiger partial charge is 0.268 e. The number of amides is 2. The third kappa shape index (κ3) is 4.26. The minimum Gasteiger partial charge on any atom is -0.349 e. The van der Waals surface area contributed by atoms with Crippen LogP contribution in [0, 0.1) is 11.7 Å². The van der Waals surface area contributed by atoms with E-state index in [-0.39, 0.29) is 35.5 Å². The second-order valence-electron chi connectivity index (χ2n) is 8.36. The van der Waals surface area contributed by atoms with Crippen molar-refractivity contribution in [2.45, 2.75) is 25.3 Å². The summed E-state index contributed by atoms with van der Waals surface area (Å²) < 4.78 is 13.2. The first-order valence-corrected chi connectivity index (χ1v) is 11.6. The molecular weight excluding hydrogens is 439 g/mol. The molecule has 168 valence electrons. The number of aromatic nitrogens is 2. The predicted octanol–water partition coefficient (Wildman–Crippen LogP) is 5.02. The number of aromatic amines is 1. The molecule has 6 nitrogen and oxygen atoms in total. The van der Waals surface area contributed by atoms with Crippen LogP contribution < -0.4 is 10.2 Å². The number of halogens is 1. The van der Waals surface area contributed by atoms with Gasteiger partial charge in [-0.2, -0.15) is 0 Å². The number of rotatable bonds is 6. The number of thiophene rings is 1. The number of nitrogens with zero attached hydrogens (tertiary/aromatic N) is 2. The first-order valence-electron chi connectivity index (χ1n) is 10.8. The summed E-state index contributed by atoms with van der Waals surface area (Å²) in [7, 11) is 1.66. The molecule has 4 aromatic rings. The van der Waals surface area contributed by atoms with E-state index in [1.54, 1.807) is 25.2 Å². The van der Waals surface area contributed by atoms with E-state index in [2.05, 4.69) is 15.3 Å². The third-order valence-corrected chi connectivity index (χ3v) is 7.28. The van der Waals surface area contributed by atoms with Crippen molar-refractivity contribution in [2.75, 3.05) is 11.9 Å². The lowest BCUT2D eigenvalue weighted by atomic mass is 10.2. The van der Waals surface area contributed by atoms with Crippen LogP contribution in [0.25, 0.3) is 11.0 Å². The minimum absolute atomic E-state index is 0.00216. The fraction of sp³-hybridized carbons (Fsp3) is 0.240. The number of carbonyl (C=O) groups excluding carboxylic acids is 2. The van der Waals surface area contributed by atoms with E-state index in [9.17, 15) is 14.0 Å². The number of para-hydroxylation sites is 2. The quantitative estimate of drug-likeness (QED) is 0.422. The summed E-state index contributed by atoms with van der Waals surface area (Å²) in [6.07, 6.45) is 0.773. The van der Waals surface area contributed by atoms with Gasteiger partial charge in [0, 0.05) is 29.4 Å². The maximum atomic E-state index is 13.2. The molecule has 2 aromatic heterocycles. The zero-order valence-corrected chi connectivity index (χ0v) is 19.0. The number of hydrogen-bond acceptors (Lipinski definition) is 4. The first kappa shape index (κ1) is 21.3. The minimum atomic E-state index is -0.346. The molecule has 0 radical (unpaired) electrons. The van der Waals surface area contributed by atoms with E-state index >= 15 is 0 Å². The van der Waals surface area contributed by atoms with Gasteiger partial charge in [0.1, 0.15) is 11.6 Å². The Morgan fingerprint density at radius 2 is 1.91 bits per heavy atom. The molecule has 1 fully saturated rings. The van der Waals surface area contributed by atoms with E-state index in [0.717, 1.165) is 28.2 Å². The van der Waals surface area contributed by atoms with Crippen LogP contribution in [0.4, 0.5) is 10.1 Å². The molecule has 0 aliphatic heterocycles. The SMILES string of the molecule is CC(NC(=O)[C@H]1C[C@@H]1c1nc2ccccc2[nH]1)c1ccc(C(=O)N(C)c2ccc(F)cc2)s1. The Kier molecular flexibility index (Phi) is 5.46. The fourth-order valence-electron chi connectivity index (χ4n) is 3.97. The topological polar surface area (TPSA) is 78.1 Å². The van der Waals surface area contributed by atoms with Crippen LogP contribution in [0.1, 0.15) is 45.7 Å². The summed E-state index contributed by atoms with van der Waals surface area (Å²) in [5, 5.41) is 3.07. The molecule has 0 saturated heterocycles. The van der Waals surface area contributed by atoms with E-state index in [4.69, 9.17) is 0 Å². The number of carbonyl (C=O) groups is 2. The molecule has 2 heterocycles. The van der Waals surface area contributed by atoms with Crippen molar-refractivity contribution in [1.82, 2.24) is 15.3 Å². The van der Waals surface area contributed by atoms with Gasteiger partial charge in [0.05, 0.1) is 22.0 Å². The Hall–Kier alpha value is -3.52. The van der Waals surface area contributed by atoms with Crippen molar-refractivity contribution in [2.24, 2.45) is 5.92 Å².